The van der Waals surface area contributed by atoms with Crippen LogP contribution in [-0.2, 0) is 0 Å². The molecular formula is C18H32N2O. The fourth-order valence-corrected chi connectivity index (χ4v) is 2.37. The molecule has 0 aromatic heterocycles. The Morgan fingerprint density at radius 3 is 2.33 bits per heavy atom. The van der Waals surface area contributed by atoms with Gasteiger partial charge in [-0.05, 0) is 50.6 Å². The summed E-state index contributed by atoms with van der Waals surface area (Å²) in [4.78, 5) is 2.49. The van der Waals surface area contributed by atoms with Crippen LogP contribution in [0.25, 0.3) is 0 Å². The highest BCUT2D eigenvalue weighted by Gasteiger charge is 2.06. The predicted molar refractivity (Wildman–Crippen MR) is 91.1 cm³/mol. The maximum Gasteiger partial charge on any atom is 0.119 e. The van der Waals surface area contributed by atoms with Gasteiger partial charge in [-0.15, -0.1) is 0 Å². The minimum atomic E-state index is 0.380. The van der Waals surface area contributed by atoms with Crippen LogP contribution in [0, 0.1) is 0 Å². The minimum absolute atomic E-state index is 0.380. The topological polar surface area (TPSA) is 24.5 Å². The zero-order chi connectivity index (χ0) is 15.5. The van der Waals surface area contributed by atoms with Gasteiger partial charge in [0, 0.05) is 19.1 Å². The molecule has 0 aliphatic rings. The van der Waals surface area contributed by atoms with E-state index in [1.165, 1.54) is 18.5 Å². The van der Waals surface area contributed by atoms with Crippen molar-refractivity contribution in [3.8, 4) is 5.75 Å². The Kier molecular flexibility index (Phi) is 9.11. The standard InChI is InChI=1S/C18H32N2O/c1-5-13-20(7-3)14-12-19-16(4)17-8-10-18(11-9-17)21-15-6-2/h8-11,16,19H,5-7,12-15H2,1-4H3. The minimum Gasteiger partial charge on any atom is -0.494 e. The van der Waals surface area contributed by atoms with Crippen molar-refractivity contribution in [1.82, 2.24) is 10.2 Å². The Morgan fingerprint density at radius 2 is 1.76 bits per heavy atom. The highest BCUT2D eigenvalue weighted by atomic mass is 16.5. The Morgan fingerprint density at radius 1 is 1.05 bits per heavy atom. The van der Waals surface area contributed by atoms with Crippen LogP contribution in [0.3, 0.4) is 0 Å². The number of nitrogens with zero attached hydrogens (tertiary/aromatic N) is 1. The maximum atomic E-state index is 5.62. The molecule has 21 heavy (non-hydrogen) atoms. The summed E-state index contributed by atoms with van der Waals surface area (Å²) in [5.41, 5.74) is 1.32. The van der Waals surface area contributed by atoms with Gasteiger partial charge in [-0.3, -0.25) is 0 Å². The van der Waals surface area contributed by atoms with Gasteiger partial charge in [0.2, 0.25) is 0 Å². The van der Waals surface area contributed by atoms with Gasteiger partial charge in [-0.1, -0.05) is 32.9 Å². The van der Waals surface area contributed by atoms with E-state index < -0.39 is 0 Å². The zero-order valence-electron chi connectivity index (χ0n) is 14.2. The van der Waals surface area contributed by atoms with Gasteiger partial charge in [0.1, 0.15) is 5.75 Å². The first-order chi connectivity index (χ1) is 10.2. The molecule has 1 aromatic rings. The summed E-state index contributed by atoms with van der Waals surface area (Å²) < 4.78 is 5.62. The van der Waals surface area contributed by atoms with E-state index in [4.69, 9.17) is 4.74 Å². The predicted octanol–water partition coefficient (Wildman–Crippen LogP) is 3.86. The Balaban J connectivity index is 2.35. The molecule has 1 aromatic carbocycles. The second-order valence-electron chi connectivity index (χ2n) is 5.53. The number of benzene rings is 1. The summed E-state index contributed by atoms with van der Waals surface area (Å²) in [6.45, 7) is 14.1. The lowest BCUT2D eigenvalue weighted by molar-refractivity contribution is 0.284. The van der Waals surface area contributed by atoms with Crippen LogP contribution in [-0.4, -0.2) is 37.7 Å². The summed E-state index contributed by atoms with van der Waals surface area (Å²) >= 11 is 0. The van der Waals surface area contributed by atoms with E-state index in [1.54, 1.807) is 0 Å². The second kappa shape index (κ2) is 10.6. The second-order valence-corrected chi connectivity index (χ2v) is 5.53. The summed E-state index contributed by atoms with van der Waals surface area (Å²) in [6, 6.07) is 8.83. The van der Waals surface area contributed by atoms with Crippen molar-refractivity contribution < 1.29 is 4.74 Å². The average Bonchev–Trinajstić information content (AvgIpc) is 2.52. The van der Waals surface area contributed by atoms with Crippen LogP contribution < -0.4 is 10.1 Å². The summed E-state index contributed by atoms with van der Waals surface area (Å²) in [5.74, 6) is 0.966. The number of ether oxygens (including phenoxy) is 1. The maximum absolute atomic E-state index is 5.62. The van der Waals surface area contributed by atoms with E-state index in [0.717, 1.165) is 38.4 Å². The van der Waals surface area contributed by atoms with E-state index in [0.29, 0.717) is 6.04 Å². The number of hydrogen-bond donors (Lipinski definition) is 1. The molecule has 0 amide bonds. The highest BCUT2D eigenvalue weighted by molar-refractivity contribution is 5.28. The van der Waals surface area contributed by atoms with Gasteiger partial charge in [-0.2, -0.15) is 0 Å². The molecule has 1 unspecified atom stereocenters. The summed E-state index contributed by atoms with van der Waals surface area (Å²) in [7, 11) is 0. The fourth-order valence-electron chi connectivity index (χ4n) is 2.37. The lowest BCUT2D eigenvalue weighted by Gasteiger charge is -2.21. The van der Waals surface area contributed by atoms with Crippen molar-refractivity contribution in [2.24, 2.45) is 0 Å². The number of hydrogen-bond acceptors (Lipinski definition) is 3. The van der Waals surface area contributed by atoms with E-state index in [9.17, 15) is 0 Å². The van der Waals surface area contributed by atoms with Crippen LogP contribution in [0.15, 0.2) is 24.3 Å². The summed E-state index contributed by atoms with van der Waals surface area (Å²) in [6.07, 6.45) is 2.27. The van der Waals surface area contributed by atoms with Crippen molar-refractivity contribution >= 4 is 0 Å². The lowest BCUT2D eigenvalue weighted by Crippen LogP contribution is -2.33. The molecule has 1 N–H and O–H groups in total. The van der Waals surface area contributed by atoms with Crippen LogP contribution >= 0.6 is 0 Å². The molecule has 0 radical (unpaired) electrons. The molecule has 0 saturated heterocycles. The molecular weight excluding hydrogens is 260 g/mol. The number of nitrogens with one attached hydrogen (secondary N) is 1. The first-order valence-corrected chi connectivity index (χ1v) is 8.39. The number of rotatable bonds is 11. The molecule has 3 nitrogen and oxygen atoms in total. The molecule has 0 fully saturated rings. The molecule has 0 aliphatic heterocycles. The monoisotopic (exact) mass is 292 g/mol. The van der Waals surface area contributed by atoms with Crippen molar-refractivity contribution in [3.63, 3.8) is 0 Å². The van der Waals surface area contributed by atoms with Crippen molar-refractivity contribution in [3.05, 3.63) is 29.8 Å². The molecule has 0 heterocycles. The van der Waals surface area contributed by atoms with Gasteiger partial charge < -0.3 is 15.0 Å². The van der Waals surface area contributed by atoms with Gasteiger partial charge in [0.05, 0.1) is 6.61 Å². The van der Waals surface area contributed by atoms with Crippen LogP contribution in [0.2, 0.25) is 0 Å². The quantitative estimate of drug-likeness (QED) is 0.670. The van der Waals surface area contributed by atoms with E-state index in [1.807, 2.05) is 0 Å². The normalized spacial score (nSPS) is 12.6. The fraction of sp³-hybridized carbons (Fsp3) is 0.667. The zero-order valence-corrected chi connectivity index (χ0v) is 14.2. The van der Waals surface area contributed by atoms with Crippen molar-refractivity contribution in [2.75, 3.05) is 32.8 Å². The molecule has 3 heteroatoms. The Bertz CT molecular complexity index is 364. The molecule has 120 valence electrons. The third-order valence-electron chi connectivity index (χ3n) is 3.72. The number of likely N-dealkylation sites (N-methyl/N-ethyl adjacent to an activating group) is 1. The summed E-state index contributed by atoms with van der Waals surface area (Å²) in [5, 5.41) is 3.60. The molecule has 0 saturated carbocycles. The van der Waals surface area contributed by atoms with Gasteiger partial charge in [0.25, 0.3) is 0 Å². The molecule has 0 bridgehead atoms. The first-order valence-electron chi connectivity index (χ1n) is 8.39. The largest absolute Gasteiger partial charge is 0.494 e. The van der Waals surface area contributed by atoms with Gasteiger partial charge >= 0.3 is 0 Å². The van der Waals surface area contributed by atoms with Crippen LogP contribution in [0.5, 0.6) is 5.75 Å². The molecule has 1 atom stereocenters. The van der Waals surface area contributed by atoms with E-state index in [-0.39, 0.29) is 0 Å². The lowest BCUT2D eigenvalue weighted by atomic mass is 10.1. The molecule has 0 spiro atoms. The smallest absolute Gasteiger partial charge is 0.119 e. The molecule has 1 rings (SSSR count). The van der Waals surface area contributed by atoms with Crippen LogP contribution in [0.1, 0.15) is 52.1 Å². The third-order valence-corrected chi connectivity index (χ3v) is 3.72. The van der Waals surface area contributed by atoms with Gasteiger partial charge in [-0.25, -0.2) is 0 Å². The first kappa shape index (κ1) is 18.0. The SMILES string of the molecule is CCCOc1ccc(C(C)NCCN(CC)CCC)cc1. The molecule has 0 aliphatic carbocycles. The van der Waals surface area contributed by atoms with Crippen molar-refractivity contribution in [2.45, 2.75) is 46.6 Å². The Hall–Kier alpha value is -1.06. The van der Waals surface area contributed by atoms with Gasteiger partial charge in [0.15, 0.2) is 0 Å². The average molecular weight is 292 g/mol. The Labute approximate surface area is 130 Å². The van der Waals surface area contributed by atoms with E-state index >= 15 is 0 Å². The van der Waals surface area contributed by atoms with Crippen LogP contribution in [0.4, 0.5) is 0 Å². The van der Waals surface area contributed by atoms with E-state index in [2.05, 4.69) is 62.2 Å². The third kappa shape index (κ3) is 6.96. The highest BCUT2D eigenvalue weighted by Crippen LogP contribution is 2.17. The van der Waals surface area contributed by atoms with Crippen molar-refractivity contribution in [1.29, 1.82) is 0 Å².